The van der Waals surface area contributed by atoms with Gasteiger partial charge in [-0.2, -0.15) is 5.10 Å². The molecule has 5 heteroatoms. The molecule has 0 radical (unpaired) electrons. The molecule has 72 valence electrons. The van der Waals surface area contributed by atoms with Crippen LogP contribution in [0.15, 0.2) is 24.3 Å². The fourth-order valence-electron chi connectivity index (χ4n) is 1.16. The highest BCUT2D eigenvalue weighted by molar-refractivity contribution is 7.73. The van der Waals surface area contributed by atoms with Gasteiger partial charge in [0.25, 0.3) is 0 Å². The van der Waals surface area contributed by atoms with Gasteiger partial charge in [-0.25, -0.2) is 0 Å². The highest BCUT2D eigenvalue weighted by Gasteiger charge is 2.00. The van der Waals surface area contributed by atoms with Crippen molar-refractivity contribution in [1.29, 1.82) is 0 Å². The first kappa shape index (κ1) is 9.83. The molecular formula is C9H7ClN2S2. The van der Waals surface area contributed by atoms with Crippen LogP contribution >= 0.6 is 35.2 Å². The van der Waals surface area contributed by atoms with Gasteiger partial charge in [0.05, 0.1) is 0 Å². The molecule has 2 rings (SSSR count). The lowest BCUT2D eigenvalue weighted by Crippen LogP contribution is -1.86. The molecule has 0 fully saturated rings. The molecule has 1 aromatic heterocycles. The number of hydrogen-bond donors (Lipinski definition) is 1. The summed E-state index contributed by atoms with van der Waals surface area (Å²) in [5.41, 5.74) is 1.15. The lowest BCUT2D eigenvalue weighted by atomic mass is 10.2. The third kappa shape index (κ3) is 2.41. The van der Waals surface area contributed by atoms with Crippen LogP contribution in [0.1, 0.15) is 10.6 Å². The van der Waals surface area contributed by atoms with E-state index in [9.17, 15) is 0 Å². The minimum atomic E-state index is 0.710. The monoisotopic (exact) mass is 242 g/mol. The first-order valence-corrected chi connectivity index (χ1v) is 5.63. The van der Waals surface area contributed by atoms with Gasteiger partial charge in [0.2, 0.25) is 0 Å². The van der Waals surface area contributed by atoms with Gasteiger partial charge in [0, 0.05) is 11.4 Å². The second-order valence-electron chi connectivity index (χ2n) is 2.81. The van der Waals surface area contributed by atoms with Crippen molar-refractivity contribution in [2.45, 2.75) is 6.42 Å². The number of halogens is 1. The quantitative estimate of drug-likeness (QED) is 0.818. The number of benzene rings is 1. The van der Waals surface area contributed by atoms with Crippen molar-refractivity contribution < 1.29 is 0 Å². The van der Waals surface area contributed by atoms with Crippen molar-refractivity contribution in [1.82, 2.24) is 10.2 Å². The van der Waals surface area contributed by atoms with Gasteiger partial charge in [-0.05, 0) is 29.9 Å². The highest BCUT2D eigenvalue weighted by Crippen LogP contribution is 2.15. The van der Waals surface area contributed by atoms with Crippen molar-refractivity contribution in [3.63, 3.8) is 0 Å². The molecule has 0 bridgehead atoms. The summed E-state index contributed by atoms with van der Waals surface area (Å²) in [5.74, 6) is 0. The molecular weight excluding hydrogens is 236 g/mol. The minimum Gasteiger partial charge on any atom is -0.258 e. The van der Waals surface area contributed by atoms with Crippen LogP contribution in [0.5, 0.6) is 0 Å². The van der Waals surface area contributed by atoms with Crippen LogP contribution in [0.2, 0.25) is 5.02 Å². The predicted molar refractivity (Wildman–Crippen MR) is 61.6 cm³/mol. The maximum Gasteiger partial charge on any atom is 0.176 e. The number of aromatic nitrogens is 2. The van der Waals surface area contributed by atoms with Crippen LogP contribution in [-0.2, 0) is 6.42 Å². The fourth-order valence-corrected chi connectivity index (χ4v) is 2.34. The maximum absolute atomic E-state index is 5.87. The summed E-state index contributed by atoms with van der Waals surface area (Å²) >= 11 is 12.3. The Bertz CT molecular complexity index is 489. The van der Waals surface area contributed by atoms with E-state index in [-0.39, 0.29) is 0 Å². The lowest BCUT2D eigenvalue weighted by molar-refractivity contribution is 0.997. The molecule has 0 unspecified atom stereocenters. The van der Waals surface area contributed by atoms with Gasteiger partial charge in [-0.3, -0.25) is 5.10 Å². The number of nitrogens with zero attached hydrogens (tertiary/aromatic N) is 1. The summed E-state index contributed by atoms with van der Waals surface area (Å²) in [6.45, 7) is 0. The third-order valence-electron chi connectivity index (χ3n) is 1.73. The van der Waals surface area contributed by atoms with Crippen LogP contribution in [0.3, 0.4) is 0 Å². The van der Waals surface area contributed by atoms with Gasteiger partial charge in [-0.15, -0.1) is 0 Å². The number of hydrogen-bond acceptors (Lipinski definition) is 3. The molecule has 14 heavy (non-hydrogen) atoms. The standard InChI is InChI=1S/C9H7ClN2S2/c10-7-3-1-2-6(4-7)5-8-11-12-9(13)14-8/h1-4H,5H2,(H,12,13). The number of rotatable bonds is 2. The molecule has 0 atom stereocenters. The first-order valence-electron chi connectivity index (χ1n) is 4.03. The molecule has 2 nitrogen and oxygen atoms in total. The van der Waals surface area contributed by atoms with E-state index in [2.05, 4.69) is 10.2 Å². The van der Waals surface area contributed by atoms with Gasteiger partial charge in [0.15, 0.2) is 3.95 Å². The minimum absolute atomic E-state index is 0.710. The Morgan fingerprint density at radius 1 is 1.50 bits per heavy atom. The third-order valence-corrected chi connectivity index (χ3v) is 3.05. The van der Waals surface area contributed by atoms with E-state index in [1.165, 1.54) is 11.3 Å². The molecule has 0 aliphatic rings. The molecule has 0 saturated heterocycles. The van der Waals surface area contributed by atoms with Gasteiger partial charge < -0.3 is 0 Å². The zero-order valence-corrected chi connectivity index (χ0v) is 9.55. The average molecular weight is 243 g/mol. The Balaban J connectivity index is 2.22. The van der Waals surface area contributed by atoms with Crippen LogP contribution in [0.4, 0.5) is 0 Å². The van der Waals surface area contributed by atoms with E-state index in [0.29, 0.717) is 3.95 Å². The van der Waals surface area contributed by atoms with E-state index in [1.807, 2.05) is 24.3 Å². The molecule has 0 amide bonds. The van der Waals surface area contributed by atoms with E-state index in [4.69, 9.17) is 23.8 Å². The Labute approximate surface area is 95.6 Å². The zero-order valence-electron chi connectivity index (χ0n) is 7.16. The molecule has 0 saturated carbocycles. The smallest absolute Gasteiger partial charge is 0.176 e. The normalized spacial score (nSPS) is 10.4. The Kier molecular flexibility index (Phi) is 2.96. The molecule has 0 aliphatic heterocycles. The summed E-state index contributed by atoms with van der Waals surface area (Å²) in [5, 5.41) is 8.58. The van der Waals surface area contributed by atoms with Gasteiger partial charge in [0.1, 0.15) is 5.01 Å². The maximum atomic E-state index is 5.87. The average Bonchev–Trinajstić information content (AvgIpc) is 2.51. The summed E-state index contributed by atoms with van der Waals surface area (Å²) in [6, 6.07) is 7.75. The van der Waals surface area contributed by atoms with Crippen LogP contribution in [-0.4, -0.2) is 10.2 Å². The van der Waals surface area contributed by atoms with E-state index >= 15 is 0 Å². The van der Waals surface area contributed by atoms with Crippen LogP contribution in [0.25, 0.3) is 0 Å². The summed E-state index contributed by atoms with van der Waals surface area (Å²) < 4.78 is 0.710. The SMILES string of the molecule is S=c1[nH]nc(Cc2cccc(Cl)c2)s1. The number of nitrogens with one attached hydrogen (secondary N) is 1. The van der Waals surface area contributed by atoms with E-state index < -0.39 is 0 Å². The van der Waals surface area contributed by atoms with Crippen molar-refractivity contribution in [2.24, 2.45) is 0 Å². The topological polar surface area (TPSA) is 28.7 Å². The summed E-state index contributed by atoms with van der Waals surface area (Å²) in [4.78, 5) is 0. The van der Waals surface area contributed by atoms with E-state index in [0.717, 1.165) is 22.0 Å². The van der Waals surface area contributed by atoms with Gasteiger partial charge >= 0.3 is 0 Å². The summed E-state index contributed by atoms with van der Waals surface area (Å²) in [7, 11) is 0. The Hall–Kier alpha value is -0.710. The van der Waals surface area contributed by atoms with Crippen molar-refractivity contribution in [3.8, 4) is 0 Å². The second kappa shape index (κ2) is 4.21. The van der Waals surface area contributed by atoms with Crippen molar-refractivity contribution in [2.75, 3.05) is 0 Å². The van der Waals surface area contributed by atoms with Gasteiger partial charge in [-0.1, -0.05) is 35.1 Å². The second-order valence-corrected chi connectivity index (χ2v) is 5.00. The Morgan fingerprint density at radius 2 is 2.36 bits per heavy atom. The molecule has 2 aromatic rings. The first-order chi connectivity index (χ1) is 6.74. The van der Waals surface area contributed by atoms with Crippen molar-refractivity contribution in [3.05, 3.63) is 43.8 Å². The molecule has 1 heterocycles. The number of H-pyrrole nitrogens is 1. The zero-order chi connectivity index (χ0) is 9.97. The van der Waals surface area contributed by atoms with Crippen LogP contribution < -0.4 is 0 Å². The number of aromatic amines is 1. The molecule has 0 spiro atoms. The largest absolute Gasteiger partial charge is 0.258 e. The summed E-state index contributed by atoms with van der Waals surface area (Å²) in [6.07, 6.45) is 0.776. The van der Waals surface area contributed by atoms with Crippen molar-refractivity contribution >= 4 is 35.2 Å². The highest BCUT2D eigenvalue weighted by atomic mass is 35.5. The fraction of sp³-hybridized carbons (Fsp3) is 0.111. The lowest BCUT2D eigenvalue weighted by Gasteiger charge is -1.97. The predicted octanol–water partition coefficient (Wildman–Crippen LogP) is 3.44. The molecule has 1 aromatic carbocycles. The Morgan fingerprint density at radius 3 is 3.00 bits per heavy atom. The van der Waals surface area contributed by atoms with Crippen LogP contribution in [0, 0.1) is 3.95 Å². The molecule has 1 N–H and O–H groups in total. The van der Waals surface area contributed by atoms with E-state index in [1.54, 1.807) is 0 Å². The molecule has 0 aliphatic carbocycles.